The predicted molar refractivity (Wildman–Crippen MR) is 80.9 cm³/mol. The zero-order valence-electron chi connectivity index (χ0n) is 12.5. The highest BCUT2D eigenvalue weighted by atomic mass is 16.3. The Labute approximate surface area is 125 Å². The molecular formula is C16H21N3O2. The van der Waals surface area contributed by atoms with Gasteiger partial charge in [0, 0.05) is 44.4 Å². The highest BCUT2D eigenvalue weighted by Gasteiger charge is 2.20. The van der Waals surface area contributed by atoms with Crippen LogP contribution < -0.4 is 4.90 Å². The van der Waals surface area contributed by atoms with Gasteiger partial charge in [-0.05, 0) is 25.5 Å². The van der Waals surface area contributed by atoms with E-state index in [0.29, 0.717) is 18.7 Å². The van der Waals surface area contributed by atoms with Crippen molar-refractivity contribution >= 4 is 11.6 Å². The van der Waals surface area contributed by atoms with Crippen molar-refractivity contribution in [1.82, 2.24) is 4.90 Å². The second kappa shape index (κ2) is 6.59. The second-order valence-corrected chi connectivity index (χ2v) is 5.41. The molecule has 1 aliphatic heterocycles. The van der Waals surface area contributed by atoms with Gasteiger partial charge in [-0.2, -0.15) is 5.26 Å². The van der Waals surface area contributed by atoms with E-state index in [2.05, 4.69) is 11.0 Å². The number of hydrogen-bond acceptors (Lipinski definition) is 4. The van der Waals surface area contributed by atoms with E-state index >= 15 is 0 Å². The van der Waals surface area contributed by atoms with E-state index in [9.17, 15) is 9.90 Å². The van der Waals surface area contributed by atoms with E-state index in [1.165, 1.54) is 0 Å². The monoisotopic (exact) mass is 287 g/mol. The van der Waals surface area contributed by atoms with Crippen LogP contribution in [0.2, 0.25) is 0 Å². The molecular weight excluding hydrogens is 266 g/mol. The Morgan fingerprint density at radius 1 is 1.33 bits per heavy atom. The number of amides is 1. The third kappa shape index (κ3) is 3.53. The SMILES string of the molecule is CC(=O)N1CCCN(c2cc(C#N)ccc2[C@@H](C)O)CC1. The Morgan fingerprint density at radius 3 is 2.71 bits per heavy atom. The van der Waals surface area contributed by atoms with Crippen LogP contribution >= 0.6 is 0 Å². The van der Waals surface area contributed by atoms with Crippen molar-refractivity contribution in [2.24, 2.45) is 0 Å². The van der Waals surface area contributed by atoms with Gasteiger partial charge in [-0.1, -0.05) is 6.07 Å². The number of rotatable bonds is 2. The van der Waals surface area contributed by atoms with Crippen LogP contribution in [-0.4, -0.2) is 42.1 Å². The number of anilines is 1. The molecule has 1 saturated heterocycles. The molecule has 2 rings (SSSR count). The third-order valence-electron chi connectivity index (χ3n) is 3.89. The molecule has 1 N–H and O–H groups in total. The molecule has 112 valence electrons. The van der Waals surface area contributed by atoms with E-state index in [0.717, 1.165) is 30.8 Å². The fraction of sp³-hybridized carbons (Fsp3) is 0.500. The lowest BCUT2D eigenvalue weighted by Gasteiger charge is -2.27. The maximum atomic E-state index is 11.5. The van der Waals surface area contributed by atoms with Gasteiger partial charge in [-0.25, -0.2) is 0 Å². The molecule has 1 atom stereocenters. The summed E-state index contributed by atoms with van der Waals surface area (Å²) >= 11 is 0. The molecule has 1 amide bonds. The average molecular weight is 287 g/mol. The average Bonchev–Trinajstić information content (AvgIpc) is 2.72. The van der Waals surface area contributed by atoms with Crippen LogP contribution in [0.4, 0.5) is 5.69 Å². The van der Waals surface area contributed by atoms with Gasteiger partial charge in [0.05, 0.1) is 17.7 Å². The van der Waals surface area contributed by atoms with Crippen molar-refractivity contribution in [1.29, 1.82) is 5.26 Å². The number of nitrogens with zero attached hydrogens (tertiary/aromatic N) is 3. The molecule has 0 spiro atoms. The molecule has 5 nitrogen and oxygen atoms in total. The number of nitriles is 1. The molecule has 0 aromatic heterocycles. The van der Waals surface area contributed by atoms with E-state index in [4.69, 9.17) is 5.26 Å². The van der Waals surface area contributed by atoms with Crippen molar-refractivity contribution < 1.29 is 9.90 Å². The maximum Gasteiger partial charge on any atom is 0.219 e. The number of benzene rings is 1. The molecule has 1 aromatic rings. The Kier molecular flexibility index (Phi) is 4.81. The fourth-order valence-electron chi connectivity index (χ4n) is 2.71. The summed E-state index contributed by atoms with van der Waals surface area (Å²) in [6, 6.07) is 7.51. The van der Waals surface area contributed by atoms with E-state index < -0.39 is 6.10 Å². The molecule has 1 aromatic carbocycles. The predicted octanol–water partition coefficient (Wildman–Crippen LogP) is 1.67. The van der Waals surface area contributed by atoms with Gasteiger partial charge >= 0.3 is 0 Å². The van der Waals surface area contributed by atoms with Gasteiger partial charge in [-0.3, -0.25) is 4.79 Å². The number of aliphatic hydroxyl groups is 1. The maximum absolute atomic E-state index is 11.5. The van der Waals surface area contributed by atoms with Gasteiger partial charge in [-0.15, -0.1) is 0 Å². The number of carbonyl (C=O) groups is 1. The standard InChI is InChI=1S/C16H21N3O2/c1-12(20)15-5-4-14(11-17)10-16(15)19-7-3-6-18(8-9-19)13(2)21/h4-5,10,12,20H,3,6-9H2,1-2H3/t12-/m1/s1. The van der Waals surface area contributed by atoms with Crippen LogP contribution in [-0.2, 0) is 4.79 Å². The molecule has 0 aliphatic carbocycles. The van der Waals surface area contributed by atoms with Crippen LogP contribution in [0.15, 0.2) is 18.2 Å². The molecule has 1 heterocycles. The molecule has 1 aliphatic rings. The molecule has 1 fully saturated rings. The van der Waals surface area contributed by atoms with Gasteiger partial charge in [0.15, 0.2) is 0 Å². The zero-order valence-corrected chi connectivity index (χ0v) is 12.5. The lowest BCUT2D eigenvalue weighted by atomic mass is 10.0. The van der Waals surface area contributed by atoms with Crippen LogP contribution in [0.1, 0.15) is 37.5 Å². The minimum Gasteiger partial charge on any atom is -0.389 e. The van der Waals surface area contributed by atoms with E-state index in [-0.39, 0.29) is 5.91 Å². The van der Waals surface area contributed by atoms with E-state index in [1.54, 1.807) is 19.9 Å². The lowest BCUT2D eigenvalue weighted by Crippen LogP contribution is -2.34. The summed E-state index contributed by atoms with van der Waals surface area (Å²) < 4.78 is 0. The highest BCUT2D eigenvalue weighted by Crippen LogP contribution is 2.28. The summed E-state index contributed by atoms with van der Waals surface area (Å²) in [6.45, 7) is 6.28. The molecule has 0 saturated carbocycles. The first-order chi connectivity index (χ1) is 10.0. The summed E-state index contributed by atoms with van der Waals surface area (Å²) in [4.78, 5) is 15.5. The number of hydrogen-bond donors (Lipinski definition) is 1. The first kappa shape index (κ1) is 15.3. The van der Waals surface area contributed by atoms with Gasteiger partial charge in [0.1, 0.15) is 0 Å². The van der Waals surface area contributed by atoms with Crippen molar-refractivity contribution in [2.45, 2.75) is 26.4 Å². The Balaban J connectivity index is 2.28. The quantitative estimate of drug-likeness (QED) is 0.898. The van der Waals surface area contributed by atoms with E-state index in [1.807, 2.05) is 17.0 Å². The smallest absolute Gasteiger partial charge is 0.219 e. The minimum atomic E-state index is -0.583. The van der Waals surface area contributed by atoms with Gasteiger partial charge < -0.3 is 14.9 Å². The van der Waals surface area contributed by atoms with Gasteiger partial charge in [0.25, 0.3) is 0 Å². The zero-order chi connectivity index (χ0) is 15.4. The van der Waals surface area contributed by atoms with Crippen LogP contribution in [0.25, 0.3) is 0 Å². The number of aliphatic hydroxyl groups excluding tert-OH is 1. The summed E-state index contributed by atoms with van der Waals surface area (Å²) in [6.07, 6.45) is 0.301. The molecule has 21 heavy (non-hydrogen) atoms. The topological polar surface area (TPSA) is 67.6 Å². The first-order valence-corrected chi connectivity index (χ1v) is 7.25. The number of carbonyl (C=O) groups excluding carboxylic acids is 1. The highest BCUT2D eigenvalue weighted by molar-refractivity contribution is 5.73. The van der Waals surface area contributed by atoms with Crippen LogP contribution in [0.5, 0.6) is 0 Å². The molecule has 0 bridgehead atoms. The third-order valence-corrected chi connectivity index (χ3v) is 3.89. The van der Waals surface area contributed by atoms with Crippen molar-refractivity contribution in [3.8, 4) is 6.07 Å². The molecule has 5 heteroatoms. The first-order valence-electron chi connectivity index (χ1n) is 7.25. The van der Waals surface area contributed by atoms with Gasteiger partial charge in [0.2, 0.25) is 5.91 Å². The summed E-state index contributed by atoms with van der Waals surface area (Å²) in [5.41, 5.74) is 2.31. The van der Waals surface area contributed by atoms with Crippen LogP contribution in [0.3, 0.4) is 0 Å². The summed E-state index contributed by atoms with van der Waals surface area (Å²) in [5, 5.41) is 19.0. The Hall–Kier alpha value is -2.06. The molecule has 0 unspecified atom stereocenters. The van der Waals surface area contributed by atoms with Crippen molar-refractivity contribution in [2.75, 3.05) is 31.1 Å². The minimum absolute atomic E-state index is 0.0957. The lowest BCUT2D eigenvalue weighted by molar-refractivity contribution is -0.128. The molecule has 0 radical (unpaired) electrons. The second-order valence-electron chi connectivity index (χ2n) is 5.41. The Morgan fingerprint density at radius 2 is 2.10 bits per heavy atom. The Bertz CT molecular complexity index is 563. The summed E-state index contributed by atoms with van der Waals surface area (Å²) in [7, 11) is 0. The normalized spacial score (nSPS) is 17.0. The summed E-state index contributed by atoms with van der Waals surface area (Å²) in [5.74, 6) is 0.0957. The largest absolute Gasteiger partial charge is 0.389 e. The van der Waals surface area contributed by atoms with Crippen molar-refractivity contribution in [3.63, 3.8) is 0 Å². The van der Waals surface area contributed by atoms with Crippen molar-refractivity contribution in [3.05, 3.63) is 29.3 Å². The fourth-order valence-corrected chi connectivity index (χ4v) is 2.71. The van der Waals surface area contributed by atoms with Crippen LogP contribution in [0, 0.1) is 11.3 Å².